The zero-order valence-corrected chi connectivity index (χ0v) is 11.8. The maximum Gasteiger partial charge on any atom is 0.209 e. The van der Waals surface area contributed by atoms with Gasteiger partial charge >= 0.3 is 0 Å². The lowest BCUT2D eigenvalue weighted by Crippen LogP contribution is -2.11. The van der Waals surface area contributed by atoms with Crippen LogP contribution in [0.5, 0.6) is 0 Å². The van der Waals surface area contributed by atoms with Crippen LogP contribution in [0.25, 0.3) is 0 Å². The largest absolute Gasteiger partial charge is 0.290 e. The molecule has 1 aromatic carbocycles. The maximum absolute atomic E-state index is 11.1. The van der Waals surface area contributed by atoms with Crippen molar-refractivity contribution in [3.8, 4) is 0 Å². The summed E-state index contributed by atoms with van der Waals surface area (Å²) in [5.41, 5.74) is 3.93. The highest BCUT2D eigenvalue weighted by Gasteiger charge is 2.09. The topological polar surface area (TPSA) is 41.5 Å². The van der Waals surface area contributed by atoms with Crippen LogP contribution in [0.2, 0.25) is 10.0 Å². The Hall–Kier alpha value is -0.480. The van der Waals surface area contributed by atoms with E-state index in [4.69, 9.17) is 46.4 Å². The molecule has 0 atom stereocenters. The second kappa shape index (κ2) is 6.45. The summed E-state index contributed by atoms with van der Waals surface area (Å²) in [5.74, 6) is -0.694. The summed E-state index contributed by atoms with van der Waals surface area (Å²) in [6.45, 7) is 1.80. The quantitative estimate of drug-likeness (QED) is 0.517. The molecule has 1 N–H and O–H groups in total. The van der Waals surface area contributed by atoms with E-state index < -0.39 is 5.78 Å². The summed E-state index contributed by atoms with van der Waals surface area (Å²) in [6, 6.07) is 3.27. The summed E-state index contributed by atoms with van der Waals surface area (Å²) in [6.07, 6.45) is 0. The molecule has 0 unspecified atom stereocenters. The molecule has 3 nitrogen and oxygen atoms in total. The van der Waals surface area contributed by atoms with Crippen LogP contribution in [0, 0.1) is 6.92 Å². The fourth-order valence-electron chi connectivity index (χ4n) is 1.07. The number of alkyl halides is 1. The summed E-state index contributed by atoms with van der Waals surface area (Å²) in [4.78, 5) is 11.1. The van der Waals surface area contributed by atoms with Crippen molar-refractivity contribution in [2.45, 2.75) is 6.92 Å². The number of hydrazone groups is 1. The number of nitrogens with zero attached hydrogens (tertiary/aromatic N) is 1. The molecule has 0 aromatic heterocycles. The molecule has 0 fully saturated rings. The molecule has 0 radical (unpaired) electrons. The standard InChI is InChI=1S/C10H8Cl4N2O/c1-5-2-6(12)3-7(13)9(5)15-16-10(14)8(17)4-11/h2-3,15H,4H2,1H3. The van der Waals surface area contributed by atoms with Crippen molar-refractivity contribution in [3.05, 3.63) is 27.7 Å². The molecule has 7 heteroatoms. The molecule has 0 aliphatic rings. The minimum absolute atomic E-state index is 0.225. The van der Waals surface area contributed by atoms with Gasteiger partial charge in [-0.2, -0.15) is 5.10 Å². The van der Waals surface area contributed by atoms with Crippen LogP contribution >= 0.6 is 46.4 Å². The summed E-state index contributed by atoms with van der Waals surface area (Å²) in [5, 5.41) is 4.36. The highest BCUT2D eigenvalue weighted by molar-refractivity contribution is 6.84. The molecule has 92 valence electrons. The second-order valence-electron chi connectivity index (χ2n) is 3.15. The number of hydrogen-bond donors (Lipinski definition) is 1. The van der Waals surface area contributed by atoms with E-state index >= 15 is 0 Å². The second-order valence-corrected chi connectivity index (χ2v) is 4.62. The number of carbonyl (C=O) groups excluding carboxylic acids is 1. The van der Waals surface area contributed by atoms with Crippen LogP contribution in [0.1, 0.15) is 5.56 Å². The average molecular weight is 314 g/mol. The molecule has 0 aliphatic carbocycles. The van der Waals surface area contributed by atoms with Gasteiger partial charge in [0.25, 0.3) is 0 Å². The van der Waals surface area contributed by atoms with Gasteiger partial charge in [0.05, 0.1) is 16.6 Å². The zero-order chi connectivity index (χ0) is 13.0. The highest BCUT2D eigenvalue weighted by atomic mass is 35.5. The molecule has 0 amide bonds. The van der Waals surface area contributed by atoms with Gasteiger partial charge in [-0.25, -0.2) is 0 Å². The lowest BCUT2D eigenvalue weighted by Gasteiger charge is -2.08. The van der Waals surface area contributed by atoms with E-state index in [2.05, 4.69) is 10.5 Å². The van der Waals surface area contributed by atoms with Gasteiger partial charge in [0.1, 0.15) is 0 Å². The zero-order valence-electron chi connectivity index (χ0n) is 8.73. The first-order chi connectivity index (χ1) is 7.95. The van der Waals surface area contributed by atoms with Crippen LogP contribution in [0.15, 0.2) is 17.2 Å². The Morgan fingerprint density at radius 2 is 2.06 bits per heavy atom. The third-order valence-corrected chi connectivity index (χ3v) is 2.92. The van der Waals surface area contributed by atoms with E-state index in [1.807, 2.05) is 0 Å². The average Bonchev–Trinajstić information content (AvgIpc) is 2.26. The van der Waals surface area contributed by atoms with Crippen LogP contribution in [0.3, 0.4) is 0 Å². The Kier molecular flexibility index (Phi) is 5.53. The van der Waals surface area contributed by atoms with Crippen molar-refractivity contribution in [2.75, 3.05) is 11.3 Å². The summed E-state index contributed by atoms with van der Waals surface area (Å²) >= 11 is 22.7. The first-order valence-corrected chi connectivity index (χ1v) is 6.16. The first-order valence-electron chi connectivity index (χ1n) is 4.49. The van der Waals surface area contributed by atoms with Crippen molar-refractivity contribution in [1.82, 2.24) is 0 Å². The van der Waals surface area contributed by atoms with Gasteiger partial charge in [0, 0.05) is 5.02 Å². The first kappa shape index (κ1) is 14.6. The molecule has 17 heavy (non-hydrogen) atoms. The minimum Gasteiger partial charge on any atom is -0.290 e. The number of anilines is 1. The van der Waals surface area contributed by atoms with Crippen molar-refractivity contribution in [1.29, 1.82) is 0 Å². The number of benzene rings is 1. The molecule has 0 heterocycles. The lowest BCUT2D eigenvalue weighted by molar-refractivity contribution is -0.110. The van der Waals surface area contributed by atoms with Gasteiger partial charge in [-0.3, -0.25) is 10.2 Å². The number of rotatable bonds is 4. The summed E-state index contributed by atoms with van der Waals surface area (Å²) in [7, 11) is 0. The van der Waals surface area contributed by atoms with Gasteiger partial charge in [-0.1, -0.05) is 34.8 Å². The Labute approximate surface area is 119 Å². The molecular formula is C10H8Cl4N2O. The molecule has 0 aliphatic heterocycles. The van der Waals surface area contributed by atoms with Gasteiger partial charge in [-0.15, -0.1) is 11.6 Å². The van der Waals surface area contributed by atoms with E-state index in [1.54, 1.807) is 19.1 Å². The SMILES string of the molecule is Cc1cc(Cl)cc(Cl)c1NN=C(Cl)C(=O)CCl. The third-order valence-electron chi connectivity index (χ3n) is 1.87. The van der Waals surface area contributed by atoms with Gasteiger partial charge in [-0.05, 0) is 24.6 Å². The van der Waals surface area contributed by atoms with Gasteiger partial charge in [0.2, 0.25) is 5.78 Å². The fraction of sp³-hybridized carbons (Fsp3) is 0.200. The predicted molar refractivity (Wildman–Crippen MR) is 73.8 cm³/mol. The molecule has 0 bridgehead atoms. The molecule has 0 saturated carbocycles. The Balaban J connectivity index is 2.93. The van der Waals surface area contributed by atoms with E-state index in [9.17, 15) is 4.79 Å². The number of ketones is 1. The number of carbonyl (C=O) groups is 1. The minimum atomic E-state index is -0.469. The van der Waals surface area contributed by atoms with Crippen molar-refractivity contribution in [2.24, 2.45) is 5.10 Å². The highest BCUT2D eigenvalue weighted by Crippen LogP contribution is 2.29. The van der Waals surface area contributed by atoms with Crippen molar-refractivity contribution < 1.29 is 4.79 Å². The molecule has 0 saturated heterocycles. The van der Waals surface area contributed by atoms with Crippen LogP contribution in [0.4, 0.5) is 5.69 Å². The number of nitrogens with one attached hydrogen (secondary N) is 1. The normalized spacial score (nSPS) is 11.5. The van der Waals surface area contributed by atoms with Crippen molar-refractivity contribution in [3.63, 3.8) is 0 Å². The lowest BCUT2D eigenvalue weighted by atomic mass is 10.2. The number of aryl methyl sites for hydroxylation is 1. The van der Waals surface area contributed by atoms with E-state index in [0.717, 1.165) is 5.56 Å². The van der Waals surface area contributed by atoms with E-state index in [1.165, 1.54) is 0 Å². The van der Waals surface area contributed by atoms with Crippen molar-refractivity contribution >= 4 is 63.0 Å². The third kappa shape index (κ3) is 4.03. The Morgan fingerprint density at radius 3 is 2.59 bits per heavy atom. The molecular weight excluding hydrogens is 306 g/mol. The maximum atomic E-state index is 11.1. The monoisotopic (exact) mass is 312 g/mol. The number of Topliss-reactive ketones (excluding diaryl/α,β-unsaturated/α-hetero) is 1. The van der Waals surface area contributed by atoms with E-state index in [-0.39, 0.29) is 11.1 Å². The smallest absolute Gasteiger partial charge is 0.209 e. The Bertz CT molecular complexity index is 450. The predicted octanol–water partition coefficient (Wildman–Crippen LogP) is 4.07. The number of hydrogen-bond acceptors (Lipinski definition) is 3. The fourth-order valence-corrected chi connectivity index (χ4v) is 2.01. The van der Waals surface area contributed by atoms with Crippen LogP contribution in [-0.2, 0) is 4.79 Å². The number of halogens is 4. The molecule has 0 spiro atoms. The Morgan fingerprint density at radius 1 is 1.41 bits per heavy atom. The molecule has 1 aromatic rings. The summed E-state index contributed by atoms with van der Waals surface area (Å²) < 4.78 is 0. The molecule has 1 rings (SSSR count). The van der Waals surface area contributed by atoms with E-state index in [0.29, 0.717) is 15.7 Å². The van der Waals surface area contributed by atoms with Gasteiger partial charge < -0.3 is 0 Å². The van der Waals surface area contributed by atoms with Crippen LogP contribution < -0.4 is 5.43 Å². The van der Waals surface area contributed by atoms with Crippen LogP contribution in [-0.4, -0.2) is 16.8 Å². The van der Waals surface area contributed by atoms with Gasteiger partial charge in [0.15, 0.2) is 5.17 Å².